The maximum absolute atomic E-state index is 14.9. The highest BCUT2D eigenvalue weighted by Gasteiger charge is 2.73. The third-order valence-corrected chi connectivity index (χ3v) is 17.3. The van der Waals surface area contributed by atoms with Crippen LogP contribution in [0.15, 0.2) is 194 Å². The number of carbonyl (C=O) groups is 6. The Balaban J connectivity index is 0.838. The Bertz CT molecular complexity index is 3620. The zero-order chi connectivity index (χ0) is 59.7. The van der Waals surface area contributed by atoms with E-state index in [1.165, 1.54) is 31.3 Å². The molecule has 2 aliphatic rings. The number of pyridine rings is 1. The number of esters is 2. The molecule has 0 spiro atoms. The van der Waals surface area contributed by atoms with Crippen molar-refractivity contribution in [3.8, 4) is 22.3 Å². The van der Waals surface area contributed by atoms with Gasteiger partial charge in [-0.2, -0.15) is 0 Å². The highest BCUT2D eigenvalue weighted by Crippen LogP contribution is 2.50. The first-order valence-electron chi connectivity index (χ1n) is 27.1. The molecule has 3 heterocycles. The lowest BCUT2D eigenvalue weighted by molar-refractivity contribution is -0.161. The van der Waals surface area contributed by atoms with E-state index in [-0.39, 0.29) is 43.1 Å². The van der Waals surface area contributed by atoms with Gasteiger partial charge in [0.2, 0.25) is 0 Å². The number of aromatic nitrogens is 1. The van der Waals surface area contributed by atoms with E-state index in [0.717, 1.165) is 38.3 Å². The van der Waals surface area contributed by atoms with Gasteiger partial charge in [0, 0.05) is 19.3 Å². The Morgan fingerprint density at radius 1 is 0.607 bits per heavy atom. The molecule has 0 aliphatic carbocycles. The molecule has 2 saturated heterocycles. The Kier molecular flexibility index (Phi) is 17.7. The van der Waals surface area contributed by atoms with Crippen LogP contribution in [0.4, 0.5) is 14.4 Å². The molecule has 3 N–H and O–H groups in total. The summed E-state index contributed by atoms with van der Waals surface area (Å²) in [6.45, 7) is 6.69. The molecular weight excluding hydrogens is 1090 g/mol. The monoisotopic (exact) mass is 1150 g/mol. The predicted octanol–water partition coefficient (Wildman–Crippen LogP) is 10.1. The number of carbonyl (C=O) groups excluding carboxylic acids is 6. The first-order valence-corrected chi connectivity index (χ1v) is 28.7. The van der Waals surface area contributed by atoms with Crippen molar-refractivity contribution in [3.05, 3.63) is 227 Å². The van der Waals surface area contributed by atoms with Crippen molar-refractivity contribution in [1.82, 2.24) is 25.8 Å². The van der Waals surface area contributed by atoms with Gasteiger partial charge in [-0.15, -0.1) is 0 Å². The van der Waals surface area contributed by atoms with Crippen LogP contribution in [0.2, 0.25) is 0 Å². The van der Waals surface area contributed by atoms with Crippen molar-refractivity contribution >= 4 is 52.0 Å². The van der Waals surface area contributed by atoms with Crippen LogP contribution in [0.1, 0.15) is 79.0 Å². The van der Waals surface area contributed by atoms with Gasteiger partial charge in [-0.25, -0.2) is 32.4 Å². The number of amides is 4. The van der Waals surface area contributed by atoms with Crippen molar-refractivity contribution in [1.29, 1.82) is 0 Å². The van der Waals surface area contributed by atoms with Crippen LogP contribution in [0.25, 0.3) is 28.3 Å². The molecule has 0 unspecified atom stereocenters. The summed E-state index contributed by atoms with van der Waals surface area (Å²) in [4.78, 5) is 86.5. The molecule has 432 valence electrons. The lowest BCUT2D eigenvalue weighted by Crippen LogP contribution is -2.60. The number of hydrogen-bond acceptors (Lipinski definition) is 14. The summed E-state index contributed by atoms with van der Waals surface area (Å²) >= 11 is 0. The van der Waals surface area contributed by atoms with Gasteiger partial charge in [0.05, 0.1) is 23.4 Å². The quantitative estimate of drug-likeness (QED) is 0.0212. The van der Waals surface area contributed by atoms with Gasteiger partial charge in [0.15, 0.2) is 27.4 Å². The molecule has 4 amide bonds. The van der Waals surface area contributed by atoms with Crippen LogP contribution >= 0.6 is 0 Å². The van der Waals surface area contributed by atoms with Gasteiger partial charge in [0.1, 0.15) is 29.2 Å². The minimum absolute atomic E-state index is 0.00286. The highest BCUT2D eigenvalue weighted by atomic mass is 32.2. The van der Waals surface area contributed by atoms with Gasteiger partial charge in [-0.1, -0.05) is 170 Å². The van der Waals surface area contributed by atoms with E-state index in [9.17, 15) is 37.2 Å². The molecule has 6 aromatic carbocycles. The van der Waals surface area contributed by atoms with E-state index >= 15 is 0 Å². The van der Waals surface area contributed by atoms with Gasteiger partial charge in [-0.05, 0) is 97.3 Å². The molecule has 2 fully saturated rings. The summed E-state index contributed by atoms with van der Waals surface area (Å²) in [5, 5.41) is 5.93. The summed E-state index contributed by atoms with van der Waals surface area (Å²) in [6.07, 6.45) is -1.14. The first-order chi connectivity index (χ1) is 40.3. The maximum Gasteiger partial charge on any atom is 0.408 e. The number of ether oxygens (including phenoxy) is 5. The molecule has 3 atom stereocenters. The third-order valence-electron chi connectivity index (χ3n) is 14.6. The number of alkyl carbamates (subject to hydrolysis) is 3. The molecule has 19 heteroatoms. The van der Waals surface area contributed by atoms with E-state index in [2.05, 4.69) is 20.9 Å². The number of rotatable bonds is 20. The smallest absolute Gasteiger partial charge is 0.408 e. The SMILES string of the molecule is CC(C)(OC(=O)NCCNC(=O)OC[C@@]1(C)[C@H](C(=O)OC(c2ccccc2)c2ccccc2)N2C(=O)/C(=C/c3cc(C(=O)OCCNC(=O)OC(C)(C)c4ccc(-c5ccccc5)cc4)ccn3)[C@H]2S1(=O)=O)c1ccc(-c2ccccc2)cc1. The summed E-state index contributed by atoms with van der Waals surface area (Å²) in [7, 11) is -4.67. The van der Waals surface area contributed by atoms with Crippen LogP contribution < -0.4 is 16.0 Å². The molecule has 1 aromatic heterocycles. The highest BCUT2D eigenvalue weighted by molar-refractivity contribution is 7.94. The predicted molar refractivity (Wildman–Crippen MR) is 313 cm³/mol. The van der Waals surface area contributed by atoms with Crippen molar-refractivity contribution in [2.45, 2.75) is 68.1 Å². The van der Waals surface area contributed by atoms with Crippen molar-refractivity contribution in [3.63, 3.8) is 0 Å². The number of benzene rings is 6. The van der Waals surface area contributed by atoms with Crippen LogP contribution in [-0.4, -0.2) is 103 Å². The lowest BCUT2D eigenvalue weighted by Gasteiger charge is -2.39. The summed E-state index contributed by atoms with van der Waals surface area (Å²) < 4.78 is 56.2. The largest absolute Gasteiger partial charge is 0.460 e. The summed E-state index contributed by atoms with van der Waals surface area (Å²) in [6, 6.07) is 53.3. The number of nitrogens with one attached hydrogen (secondary N) is 3. The number of fused-ring (bicyclic) bond motifs is 1. The fourth-order valence-corrected chi connectivity index (χ4v) is 12.2. The minimum Gasteiger partial charge on any atom is -0.460 e. The zero-order valence-electron chi connectivity index (χ0n) is 46.9. The van der Waals surface area contributed by atoms with Crippen molar-refractivity contribution < 1.29 is 60.9 Å². The average molecular weight is 1150 g/mol. The average Bonchev–Trinajstić information content (AvgIpc) is 1.52. The Labute approximate surface area is 487 Å². The van der Waals surface area contributed by atoms with Crippen LogP contribution in [-0.2, 0) is 54.3 Å². The number of β-lactam (4-membered cyclic amide) rings is 1. The maximum atomic E-state index is 14.9. The Hall–Kier alpha value is -9.62. The van der Waals surface area contributed by atoms with E-state index < -0.39 is 86.0 Å². The van der Waals surface area contributed by atoms with Crippen LogP contribution in [0.3, 0.4) is 0 Å². The second-order valence-electron chi connectivity index (χ2n) is 21.2. The van der Waals surface area contributed by atoms with E-state index in [1.807, 2.05) is 109 Å². The van der Waals surface area contributed by atoms with Gasteiger partial charge in [-0.3, -0.25) is 9.78 Å². The van der Waals surface area contributed by atoms with Crippen molar-refractivity contribution in [2.24, 2.45) is 0 Å². The topological polar surface area (TPSA) is 235 Å². The molecule has 0 saturated carbocycles. The molecule has 18 nitrogen and oxygen atoms in total. The molecular formula is C65H63N5O13S. The van der Waals surface area contributed by atoms with E-state index in [4.69, 9.17) is 23.7 Å². The fraction of sp³-hybridized carbons (Fsp3) is 0.246. The van der Waals surface area contributed by atoms with Crippen LogP contribution in [0, 0.1) is 0 Å². The van der Waals surface area contributed by atoms with E-state index in [1.54, 1.807) is 88.4 Å². The van der Waals surface area contributed by atoms with Gasteiger partial charge >= 0.3 is 30.2 Å². The summed E-state index contributed by atoms with van der Waals surface area (Å²) in [5.74, 6) is -2.74. The molecule has 84 heavy (non-hydrogen) atoms. The third kappa shape index (κ3) is 13.2. The second-order valence-corrected chi connectivity index (χ2v) is 23.7. The first kappa shape index (κ1) is 59.0. The number of hydrogen-bond donors (Lipinski definition) is 3. The number of sulfone groups is 1. The Morgan fingerprint density at radius 3 is 1.56 bits per heavy atom. The molecule has 2 aliphatic heterocycles. The fourth-order valence-electron chi connectivity index (χ4n) is 9.97. The molecule has 0 bridgehead atoms. The Morgan fingerprint density at radius 2 is 1.06 bits per heavy atom. The number of nitrogens with zero attached hydrogens (tertiary/aromatic N) is 2. The van der Waals surface area contributed by atoms with Crippen LogP contribution in [0.5, 0.6) is 0 Å². The minimum atomic E-state index is -4.67. The summed E-state index contributed by atoms with van der Waals surface area (Å²) in [5.41, 5.74) is 4.45. The van der Waals surface area contributed by atoms with Crippen molar-refractivity contribution in [2.75, 3.05) is 32.8 Å². The molecule has 0 radical (unpaired) electrons. The zero-order valence-corrected chi connectivity index (χ0v) is 47.7. The van der Waals surface area contributed by atoms with E-state index in [0.29, 0.717) is 11.1 Å². The second kappa shape index (κ2) is 25.3. The van der Waals surface area contributed by atoms with Gasteiger partial charge in [0.25, 0.3) is 5.91 Å². The normalized spacial score (nSPS) is 17.5. The molecule has 7 aromatic rings. The molecule has 9 rings (SSSR count). The standard InChI is InChI=1S/C65H63N5O13S/c1-63(2,50-30-26-45(27-31-50)43-18-10-6-11-19-43)82-61(75)68-37-36-67-60(74)80-42-65(5)55(59(73)81-54(47-22-14-8-15-23-47)48-24-16-9-17-25-48)70-56(71)53(57(70)84(65,77)78)41-52-40-49(34-35-66-52)58(72)79-39-38-69-62(76)83-64(3,4)51-32-28-46(29-33-51)44-20-12-7-13-21-44/h6-35,40-41,54-55,57H,36-39,42H2,1-5H3,(H,67,74)(H,68,75)(H,69,76)/b53-41-/t55-,57+,65-/m0/s1. The lowest BCUT2D eigenvalue weighted by atomic mass is 9.93. The van der Waals surface area contributed by atoms with Gasteiger partial charge < -0.3 is 44.5 Å².